The first-order chi connectivity index (χ1) is 13.1. The van der Waals surface area contributed by atoms with Gasteiger partial charge in [-0.3, -0.25) is 0 Å². The van der Waals surface area contributed by atoms with Crippen LogP contribution in [0.5, 0.6) is 0 Å². The van der Waals surface area contributed by atoms with Crippen LogP contribution in [-0.2, 0) is 0 Å². The first-order valence-corrected chi connectivity index (χ1v) is 10.2. The van der Waals surface area contributed by atoms with Crippen LogP contribution in [0, 0.1) is 36.3 Å². The zero-order valence-electron chi connectivity index (χ0n) is 16.1. The Balaban J connectivity index is 1.56. The Kier molecular flexibility index (Phi) is 5.16. The first kappa shape index (κ1) is 18.4. The Hall–Kier alpha value is -1.96. The van der Waals surface area contributed by atoms with Crippen molar-refractivity contribution in [2.45, 2.75) is 51.4 Å². The summed E-state index contributed by atoms with van der Waals surface area (Å²) in [5.74, 6) is 0.834. The van der Waals surface area contributed by atoms with Crippen molar-refractivity contribution in [3.63, 3.8) is 0 Å². The molecule has 2 aliphatic rings. The fraction of sp³-hybridized carbons (Fsp3) is 0.440. The number of fused-ring (bicyclic) bond motifs is 1. The van der Waals surface area contributed by atoms with Crippen molar-refractivity contribution >= 4 is 0 Å². The number of benzene rings is 2. The molecule has 2 aliphatic carbocycles. The van der Waals surface area contributed by atoms with E-state index in [0.29, 0.717) is 23.0 Å². The summed E-state index contributed by atoms with van der Waals surface area (Å²) in [6, 6.07) is 11.2. The van der Waals surface area contributed by atoms with Gasteiger partial charge in [0.05, 0.1) is 0 Å². The molecule has 0 heterocycles. The van der Waals surface area contributed by atoms with Gasteiger partial charge in [-0.25, -0.2) is 8.78 Å². The van der Waals surface area contributed by atoms with E-state index in [1.165, 1.54) is 19.3 Å². The lowest BCUT2D eigenvalue weighted by molar-refractivity contribution is 0.132. The van der Waals surface area contributed by atoms with Gasteiger partial charge in [0.25, 0.3) is 0 Å². The van der Waals surface area contributed by atoms with Crippen LogP contribution in [-0.4, -0.2) is 0 Å². The van der Waals surface area contributed by atoms with Gasteiger partial charge in [-0.05, 0) is 80.2 Å². The SMILES string of the molecule is C=CC1CCC2CC(c3ccc(-c4ccc(C)cc4)c(F)c3F)CCC2C1. The largest absolute Gasteiger partial charge is 0.203 e. The highest BCUT2D eigenvalue weighted by Crippen LogP contribution is 2.48. The minimum atomic E-state index is -0.700. The second kappa shape index (κ2) is 7.58. The van der Waals surface area contributed by atoms with Crippen LogP contribution in [0.15, 0.2) is 49.1 Å². The van der Waals surface area contributed by atoms with E-state index in [9.17, 15) is 8.78 Å². The van der Waals surface area contributed by atoms with Crippen LogP contribution >= 0.6 is 0 Å². The number of allylic oxidation sites excluding steroid dienone is 1. The molecular weight excluding hydrogens is 338 g/mol. The number of hydrogen-bond acceptors (Lipinski definition) is 0. The van der Waals surface area contributed by atoms with Crippen LogP contribution in [0.2, 0.25) is 0 Å². The number of rotatable bonds is 3. The molecule has 0 spiro atoms. The van der Waals surface area contributed by atoms with Crippen LogP contribution < -0.4 is 0 Å². The third-order valence-corrected chi connectivity index (χ3v) is 6.90. The molecule has 2 saturated carbocycles. The van der Waals surface area contributed by atoms with Gasteiger partial charge < -0.3 is 0 Å². The average Bonchev–Trinajstić information content (AvgIpc) is 2.70. The second-order valence-electron chi connectivity index (χ2n) is 8.54. The van der Waals surface area contributed by atoms with E-state index in [4.69, 9.17) is 0 Å². The Labute approximate surface area is 161 Å². The van der Waals surface area contributed by atoms with Gasteiger partial charge in [-0.15, -0.1) is 6.58 Å². The molecule has 2 aromatic rings. The minimum Gasteiger partial charge on any atom is -0.203 e. The zero-order valence-corrected chi connectivity index (χ0v) is 16.1. The fourth-order valence-electron chi connectivity index (χ4n) is 5.26. The molecule has 0 saturated heterocycles. The molecular formula is C25H28F2. The van der Waals surface area contributed by atoms with Gasteiger partial charge in [0.1, 0.15) is 0 Å². The topological polar surface area (TPSA) is 0 Å². The molecule has 2 heteroatoms. The molecule has 0 aliphatic heterocycles. The van der Waals surface area contributed by atoms with Crippen LogP contribution in [0.1, 0.15) is 55.6 Å². The summed E-state index contributed by atoms with van der Waals surface area (Å²) in [5.41, 5.74) is 2.78. The average molecular weight is 366 g/mol. The third kappa shape index (κ3) is 3.59. The summed E-state index contributed by atoms with van der Waals surface area (Å²) in [7, 11) is 0. The molecule has 0 nitrogen and oxygen atoms in total. The van der Waals surface area contributed by atoms with Gasteiger partial charge in [0.2, 0.25) is 0 Å². The number of aryl methyl sites for hydroxylation is 1. The van der Waals surface area contributed by atoms with E-state index in [-0.39, 0.29) is 5.92 Å². The van der Waals surface area contributed by atoms with Crippen LogP contribution in [0.25, 0.3) is 11.1 Å². The maximum Gasteiger partial charge on any atom is 0.166 e. The summed E-state index contributed by atoms with van der Waals surface area (Å²) in [6.07, 6.45) is 8.80. The highest BCUT2D eigenvalue weighted by Gasteiger charge is 2.36. The van der Waals surface area contributed by atoms with Crippen molar-refractivity contribution in [3.05, 3.63) is 71.8 Å². The molecule has 142 valence electrons. The lowest BCUT2D eigenvalue weighted by Gasteiger charge is -2.41. The highest BCUT2D eigenvalue weighted by atomic mass is 19.2. The third-order valence-electron chi connectivity index (χ3n) is 6.90. The Morgan fingerprint density at radius 2 is 1.56 bits per heavy atom. The van der Waals surface area contributed by atoms with Gasteiger partial charge >= 0.3 is 0 Å². The van der Waals surface area contributed by atoms with Crippen molar-refractivity contribution in [3.8, 4) is 11.1 Å². The number of hydrogen-bond donors (Lipinski definition) is 0. The molecule has 27 heavy (non-hydrogen) atoms. The standard InChI is InChI=1S/C25H28F2/c1-3-17-6-9-20-15-21(11-10-19(20)14-17)23-13-12-22(24(26)25(23)27)18-7-4-16(2)5-8-18/h3-5,7-8,12-13,17,19-21H,1,6,9-11,14-15H2,2H3. The normalized spacial score (nSPS) is 27.8. The lowest BCUT2D eigenvalue weighted by Crippen LogP contribution is -2.30. The molecule has 0 radical (unpaired) electrons. The van der Waals surface area contributed by atoms with Gasteiger partial charge in [0, 0.05) is 5.56 Å². The predicted octanol–water partition coefficient (Wildman–Crippen LogP) is 7.43. The van der Waals surface area contributed by atoms with Gasteiger partial charge in [0.15, 0.2) is 11.6 Å². The van der Waals surface area contributed by atoms with E-state index in [0.717, 1.165) is 36.3 Å². The minimum absolute atomic E-state index is 0.146. The van der Waals surface area contributed by atoms with E-state index in [2.05, 4.69) is 12.7 Å². The maximum absolute atomic E-state index is 15.0. The van der Waals surface area contributed by atoms with Crippen molar-refractivity contribution in [2.24, 2.45) is 17.8 Å². The lowest BCUT2D eigenvalue weighted by atomic mass is 9.64. The molecule has 0 bridgehead atoms. The predicted molar refractivity (Wildman–Crippen MR) is 108 cm³/mol. The smallest absolute Gasteiger partial charge is 0.166 e. The Bertz CT molecular complexity index is 821. The Morgan fingerprint density at radius 1 is 0.852 bits per heavy atom. The van der Waals surface area contributed by atoms with Crippen molar-refractivity contribution in [2.75, 3.05) is 0 Å². The summed E-state index contributed by atoms with van der Waals surface area (Å²) in [4.78, 5) is 0. The van der Waals surface area contributed by atoms with Crippen molar-refractivity contribution < 1.29 is 8.78 Å². The quantitative estimate of drug-likeness (QED) is 0.496. The molecule has 4 unspecified atom stereocenters. The maximum atomic E-state index is 15.0. The van der Waals surface area contributed by atoms with Crippen molar-refractivity contribution in [1.82, 2.24) is 0 Å². The van der Waals surface area contributed by atoms with Gasteiger partial charge in [-0.2, -0.15) is 0 Å². The highest BCUT2D eigenvalue weighted by molar-refractivity contribution is 5.65. The molecule has 0 aromatic heterocycles. The summed E-state index contributed by atoms with van der Waals surface area (Å²) in [5, 5.41) is 0. The van der Waals surface area contributed by atoms with Crippen molar-refractivity contribution in [1.29, 1.82) is 0 Å². The van der Waals surface area contributed by atoms with Crippen LogP contribution in [0.3, 0.4) is 0 Å². The summed E-state index contributed by atoms with van der Waals surface area (Å²) < 4.78 is 29.8. The second-order valence-corrected chi connectivity index (χ2v) is 8.54. The summed E-state index contributed by atoms with van der Waals surface area (Å²) >= 11 is 0. The van der Waals surface area contributed by atoms with E-state index in [1.807, 2.05) is 37.3 Å². The summed E-state index contributed by atoms with van der Waals surface area (Å²) in [6.45, 7) is 5.94. The van der Waals surface area contributed by atoms with E-state index >= 15 is 0 Å². The molecule has 4 rings (SSSR count). The van der Waals surface area contributed by atoms with E-state index in [1.54, 1.807) is 6.07 Å². The molecule has 4 atom stereocenters. The molecule has 0 N–H and O–H groups in total. The van der Waals surface area contributed by atoms with E-state index < -0.39 is 11.6 Å². The number of halogens is 2. The fourth-order valence-corrected chi connectivity index (χ4v) is 5.26. The monoisotopic (exact) mass is 366 g/mol. The molecule has 0 amide bonds. The first-order valence-electron chi connectivity index (χ1n) is 10.2. The van der Waals surface area contributed by atoms with Gasteiger partial charge in [-0.1, -0.05) is 48.0 Å². The van der Waals surface area contributed by atoms with Crippen LogP contribution in [0.4, 0.5) is 8.78 Å². The molecule has 2 fully saturated rings. The zero-order chi connectivity index (χ0) is 19.0. The molecule has 2 aromatic carbocycles. The Morgan fingerprint density at radius 3 is 2.30 bits per heavy atom.